The van der Waals surface area contributed by atoms with Gasteiger partial charge in [-0.2, -0.15) is 0 Å². The third-order valence-corrected chi connectivity index (χ3v) is 9.71. The van der Waals surface area contributed by atoms with Crippen molar-refractivity contribution in [1.82, 2.24) is 0 Å². The molecule has 0 radical (unpaired) electrons. The van der Waals surface area contributed by atoms with Crippen molar-refractivity contribution in [3.63, 3.8) is 0 Å². The van der Waals surface area contributed by atoms with Gasteiger partial charge in [0.25, 0.3) is 0 Å². The minimum absolute atomic E-state index is 0.0159. The van der Waals surface area contributed by atoms with E-state index >= 15 is 0 Å². The van der Waals surface area contributed by atoms with Gasteiger partial charge in [-0.05, 0) is 87.0 Å². The molecular weight excluding hydrogens is 348 g/mol. The van der Waals surface area contributed by atoms with E-state index in [1.54, 1.807) is 0 Å². The number of nitrogens with zero attached hydrogens (tertiary/aromatic N) is 1. The number of fused-ring (bicyclic) bond motifs is 5. The predicted octanol–water partition coefficient (Wildman–Crippen LogP) is 4.96. The zero-order valence-electron chi connectivity index (χ0n) is 18.4. The fourth-order valence-electron chi connectivity index (χ4n) is 8.12. The first kappa shape index (κ1) is 20.4. The lowest BCUT2D eigenvalue weighted by Gasteiger charge is -2.63. The lowest BCUT2D eigenvalue weighted by atomic mass is 9.41. The second-order valence-corrected chi connectivity index (χ2v) is 11.2. The molecule has 0 heterocycles. The third kappa shape index (κ3) is 2.88. The second-order valence-electron chi connectivity index (χ2n) is 11.2. The van der Waals surface area contributed by atoms with Crippen LogP contribution in [0, 0.1) is 39.9 Å². The van der Waals surface area contributed by atoms with Gasteiger partial charge in [-0.1, -0.05) is 32.9 Å². The van der Waals surface area contributed by atoms with Gasteiger partial charge in [-0.25, -0.2) is 0 Å². The van der Waals surface area contributed by atoms with Crippen LogP contribution in [0.15, 0.2) is 5.16 Å². The number of carbonyl (C=O) groups excluding carboxylic acids is 1. The standard InChI is InChI=1S/C24H40N2O2/c1-22(2)19-8-6-16-17-7-9-21(27)24(17,4)12-10-18(16)23(19,3)13-11-20(22)26-28-15-5-14-25/h16-19H,5-15,25H2,1-4H3/b26-20+/t16-,17-,18-,19?,23+,24-/m0/s1. The van der Waals surface area contributed by atoms with Crippen molar-refractivity contribution in [3.8, 4) is 0 Å². The fourth-order valence-corrected chi connectivity index (χ4v) is 8.12. The molecule has 158 valence electrons. The van der Waals surface area contributed by atoms with Gasteiger partial charge in [0.15, 0.2) is 0 Å². The molecule has 0 spiro atoms. The van der Waals surface area contributed by atoms with Crippen LogP contribution in [0.1, 0.15) is 85.5 Å². The summed E-state index contributed by atoms with van der Waals surface area (Å²) >= 11 is 0. The van der Waals surface area contributed by atoms with Crippen LogP contribution in [0.4, 0.5) is 0 Å². The Morgan fingerprint density at radius 3 is 2.57 bits per heavy atom. The molecule has 0 aliphatic heterocycles. The van der Waals surface area contributed by atoms with E-state index in [0.29, 0.717) is 36.2 Å². The highest BCUT2D eigenvalue weighted by molar-refractivity contribution is 5.90. The van der Waals surface area contributed by atoms with E-state index in [0.717, 1.165) is 43.9 Å². The number of hydrogen-bond donors (Lipinski definition) is 1. The van der Waals surface area contributed by atoms with Crippen LogP contribution in [0.5, 0.6) is 0 Å². The number of ketones is 1. The molecule has 0 aromatic heterocycles. The Hall–Kier alpha value is -0.900. The molecule has 0 aromatic rings. The maximum atomic E-state index is 12.6. The average Bonchev–Trinajstić information content (AvgIpc) is 2.95. The highest BCUT2D eigenvalue weighted by Gasteiger charge is 2.62. The summed E-state index contributed by atoms with van der Waals surface area (Å²) in [7, 11) is 0. The predicted molar refractivity (Wildman–Crippen MR) is 113 cm³/mol. The molecule has 4 saturated carbocycles. The number of hydrogen-bond acceptors (Lipinski definition) is 4. The summed E-state index contributed by atoms with van der Waals surface area (Å²) in [5.41, 5.74) is 7.27. The molecule has 0 bridgehead atoms. The molecule has 4 aliphatic carbocycles. The Bertz CT molecular complexity index is 657. The maximum Gasteiger partial charge on any atom is 0.139 e. The molecule has 4 aliphatic rings. The topological polar surface area (TPSA) is 64.7 Å². The number of nitrogens with two attached hydrogens (primary N) is 1. The lowest BCUT2D eigenvalue weighted by Crippen LogP contribution is -2.58. The molecule has 28 heavy (non-hydrogen) atoms. The Morgan fingerprint density at radius 1 is 1.04 bits per heavy atom. The van der Waals surface area contributed by atoms with Crippen molar-refractivity contribution in [3.05, 3.63) is 0 Å². The van der Waals surface area contributed by atoms with E-state index in [-0.39, 0.29) is 10.8 Å². The number of oxime groups is 1. The van der Waals surface area contributed by atoms with Gasteiger partial charge in [0.2, 0.25) is 0 Å². The number of carbonyl (C=O) groups is 1. The summed E-state index contributed by atoms with van der Waals surface area (Å²) in [6.07, 6.45) is 10.0. The van der Waals surface area contributed by atoms with Crippen molar-refractivity contribution in [2.24, 2.45) is 50.8 Å². The second kappa shape index (κ2) is 7.11. The molecule has 2 N–H and O–H groups in total. The summed E-state index contributed by atoms with van der Waals surface area (Å²) < 4.78 is 0. The zero-order valence-corrected chi connectivity index (χ0v) is 18.4. The normalized spacial score (nSPS) is 46.0. The molecule has 0 amide bonds. The van der Waals surface area contributed by atoms with Crippen molar-refractivity contribution in [1.29, 1.82) is 0 Å². The van der Waals surface area contributed by atoms with Crippen LogP contribution in [0.25, 0.3) is 0 Å². The van der Waals surface area contributed by atoms with Crippen molar-refractivity contribution < 1.29 is 9.63 Å². The summed E-state index contributed by atoms with van der Waals surface area (Å²) in [5, 5.41) is 4.59. The highest BCUT2D eigenvalue weighted by atomic mass is 16.6. The molecule has 4 fully saturated rings. The van der Waals surface area contributed by atoms with E-state index in [2.05, 4.69) is 32.9 Å². The monoisotopic (exact) mass is 388 g/mol. The van der Waals surface area contributed by atoms with Gasteiger partial charge in [0.1, 0.15) is 12.4 Å². The first-order valence-electron chi connectivity index (χ1n) is 11.7. The SMILES string of the molecule is CC1(C)/C(=N/OCCCN)CC[C@@]2(C)C1CC[C@@H]1[C@@H]2CC[C@]2(C)C(=O)CC[C@@H]12. The summed E-state index contributed by atoms with van der Waals surface area (Å²) in [6, 6.07) is 0. The minimum Gasteiger partial charge on any atom is -0.396 e. The Morgan fingerprint density at radius 2 is 1.82 bits per heavy atom. The van der Waals surface area contributed by atoms with Crippen LogP contribution in [-0.4, -0.2) is 24.6 Å². The zero-order chi connectivity index (χ0) is 20.2. The molecule has 1 unspecified atom stereocenters. The van der Waals surface area contributed by atoms with E-state index in [1.807, 2.05) is 0 Å². The van der Waals surface area contributed by atoms with Gasteiger partial charge in [-0.3, -0.25) is 4.79 Å². The highest BCUT2D eigenvalue weighted by Crippen LogP contribution is 2.67. The quantitative estimate of drug-likeness (QED) is 0.547. The average molecular weight is 389 g/mol. The van der Waals surface area contributed by atoms with Crippen molar-refractivity contribution in [2.75, 3.05) is 13.2 Å². The molecule has 0 aromatic carbocycles. The Balaban J connectivity index is 1.56. The minimum atomic E-state index is -0.0159. The van der Waals surface area contributed by atoms with Crippen LogP contribution < -0.4 is 5.73 Å². The molecule has 4 nitrogen and oxygen atoms in total. The van der Waals surface area contributed by atoms with Gasteiger partial charge in [0.05, 0.1) is 5.71 Å². The van der Waals surface area contributed by atoms with E-state index < -0.39 is 0 Å². The molecule has 0 saturated heterocycles. The number of rotatable bonds is 4. The summed E-state index contributed by atoms with van der Waals surface area (Å²) in [4.78, 5) is 18.2. The van der Waals surface area contributed by atoms with Crippen LogP contribution >= 0.6 is 0 Å². The molecule has 4 rings (SSSR count). The largest absolute Gasteiger partial charge is 0.396 e. The maximum absolute atomic E-state index is 12.6. The van der Waals surface area contributed by atoms with Gasteiger partial charge in [-0.15, -0.1) is 0 Å². The van der Waals surface area contributed by atoms with Gasteiger partial charge >= 0.3 is 0 Å². The Labute approximate surface area is 171 Å². The summed E-state index contributed by atoms with van der Waals surface area (Å²) in [5.74, 6) is 3.37. The molecular formula is C24H40N2O2. The molecule has 6 atom stereocenters. The first-order valence-corrected chi connectivity index (χ1v) is 11.7. The molecule has 4 heteroatoms. The summed E-state index contributed by atoms with van der Waals surface area (Å²) in [6.45, 7) is 10.9. The fraction of sp³-hybridized carbons (Fsp3) is 0.917. The van der Waals surface area contributed by atoms with E-state index in [1.165, 1.54) is 31.4 Å². The first-order chi connectivity index (χ1) is 13.2. The van der Waals surface area contributed by atoms with E-state index in [9.17, 15) is 4.79 Å². The van der Waals surface area contributed by atoms with E-state index in [4.69, 9.17) is 10.6 Å². The van der Waals surface area contributed by atoms with Crippen LogP contribution in [0.2, 0.25) is 0 Å². The van der Waals surface area contributed by atoms with Gasteiger partial charge in [0, 0.05) is 17.3 Å². The van der Waals surface area contributed by atoms with Crippen molar-refractivity contribution in [2.45, 2.75) is 85.5 Å². The number of Topliss-reactive ketones (excluding diaryl/α,β-unsaturated/α-hetero) is 1. The van der Waals surface area contributed by atoms with Gasteiger partial charge < -0.3 is 10.6 Å². The van der Waals surface area contributed by atoms with Crippen LogP contribution in [-0.2, 0) is 9.63 Å². The lowest BCUT2D eigenvalue weighted by molar-refractivity contribution is -0.141. The third-order valence-electron chi connectivity index (χ3n) is 9.71. The van der Waals surface area contributed by atoms with Crippen LogP contribution in [0.3, 0.4) is 0 Å². The smallest absolute Gasteiger partial charge is 0.139 e. The Kier molecular flexibility index (Phi) is 5.17. The van der Waals surface area contributed by atoms with Crippen molar-refractivity contribution >= 4 is 11.5 Å².